The number of hydrogen-bond acceptors (Lipinski definition) is 3. The number of rotatable bonds is 10. The van der Waals surface area contributed by atoms with E-state index in [1.54, 1.807) is 0 Å². The number of allylic oxidation sites excluding steroid dienone is 1. The number of carbonyl (C=O) groups excluding carboxylic acids is 1. The van der Waals surface area contributed by atoms with Crippen molar-refractivity contribution in [2.75, 3.05) is 7.11 Å². The van der Waals surface area contributed by atoms with E-state index in [1.165, 1.54) is 12.7 Å². The summed E-state index contributed by atoms with van der Waals surface area (Å²) in [5, 5.41) is 0. The van der Waals surface area contributed by atoms with Gasteiger partial charge in [-0.25, -0.2) is 0 Å². The Morgan fingerprint density at radius 2 is 1.54 bits per heavy atom. The molecule has 3 nitrogen and oxygen atoms in total. The fourth-order valence-corrected chi connectivity index (χ4v) is 9.34. The summed E-state index contributed by atoms with van der Waals surface area (Å²) >= 11 is 0. The lowest BCUT2D eigenvalue weighted by atomic mass is 9.96. The quantitative estimate of drug-likeness (QED) is 0.279. The molecule has 0 aliphatic rings. The van der Waals surface area contributed by atoms with Crippen LogP contribution in [0.25, 0.3) is 0 Å². The largest absolute Gasteiger partial charge is 0.543 e. The van der Waals surface area contributed by atoms with Crippen LogP contribution in [0.4, 0.5) is 0 Å². The van der Waals surface area contributed by atoms with E-state index < -0.39 is 8.32 Å². The monoisotopic (exact) mass is 376 g/mol. The minimum absolute atomic E-state index is 0.0877. The first-order valence-corrected chi connectivity index (χ1v) is 11.8. The van der Waals surface area contributed by atoms with Crippen LogP contribution in [0, 0.1) is 5.92 Å². The molecule has 1 rings (SSSR count). The minimum Gasteiger partial charge on any atom is -0.543 e. The average Bonchev–Trinajstić information content (AvgIpc) is 2.59. The van der Waals surface area contributed by atoms with Crippen LogP contribution in [0.3, 0.4) is 0 Å². The Morgan fingerprint density at radius 1 is 1.04 bits per heavy atom. The predicted octanol–water partition coefficient (Wildman–Crippen LogP) is 6.15. The third-order valence-electron chi connectivity index (χ3n) is 5.41. The van der Waals surface area contributed by atoms with Crippen molar-refractivity contribution in [3.05, 3.63) is 42.5 Å². The molecule has 0 bridgehead atoms. The smallest absolute Gasteiger partial charge is 0.306 e. The van der Waals surface area contributed by atoms with Crippen molar-refractivity contribution in [3.8, 4) is 5.75 Å². The number of ether oxygens (including phenoxy) is 1. The first-order chi connectivity index (χ1) is 12.2. The van der Waals surface area contributed by atoms with Gasteiger partial charge in [-0.05, 0) is 46.7 Å². The van der Waals surface area contributed by atoms with Crippen LogP contribution in [-0.2, 0) is 16.0 Å². The molecule has 0 amide bonds. The second-order valence-electron chi connectivity index (χ2n) is 8.04. The first kappa shape index (κ1) is 22.5. The van der Waals surface area contributed by atoms with Gasteiger partial charge in [-0.1, -0.05) is 59.8 Å². The molecule has 1 unspecified atom stereocenters. The highest BCUT2D eigenvalue weighted by Crippen LogP contribution is 2.42. The third-order valence-corrected chi connectivity index (χ3v) is 11.4. The number of methoxy groups -OCH3 is 1. The maximum absolute atomic E-state index is 11.5. The van der Waals surface area contributed by atoms with Crippen molar-refractivity contribution >= 4 is 14.3 Å². The normalized spacial score (nSPS) is 13.2. The maximum atomic E-state index is 11.5. The van der Waals surface area contributed by atoms with Gasteiger partial charge in [0.05, 0.1) is 13.5 Å². The van der Waals surface area contributed by atoms with Gasteiger partial charge in [0.25, 0.3) is 8.32 Å². The summed E-state index contributed by atoms with van der Waals surface area (Å²) in [6, 6.07) is 8.34. The molecule has 0 fully saturated rings. The Bertz CT molecular complexity index is 554. The molecule has 0 spiro atoms. The molecule has 0 saturated carbocycles. The molecule has 0 radical (unpaired) electrons. The van der Waals surface area contributed by atoms with Crippen LogP contribution < -0.4 is 4.43 Å². The van der Waals surface area contributed by atoms with Crippen molar-refractivity contribution in [2.45, 2.75) is 71.0 Å². The lowest BCUT2D eigenvalue weighted by Gasteiger charge is -2.42. The van der Waals surface area contributed by atoms with E-state index >= 15 is 0 Å². The Kier molecular flexibility index (Phi) is 8.61. The summed E-state index contributed by atoms with van der Waals surface area (Å²) < 4.78 is 11.5. The first-order valence-electron chi connectivity index (χ1n) is 9.64. The van der Waals surface area contributed by atoms with E-state index in [1.807, 2.05) is 6.08 Å². The molecule has 4 heteroatoms. The zero-order chi connectivity index (χ0) is 19.9. The summed E-state index contributed by atoms with van der Waals surface area (Å²) in [4.78, 5) is 11.5. The molecule has 0 saturated heterocycles. The number of benzene rings is 1. The zero-order valence-electron chi connectivity index (χ0n) is 17.5. The van der Waals surface area contributed by atoms with Crippen LogP contribution in [0.1, 0.15) is 53.5 Å². The van der Waals surface area contributed by atoms with Crippen molar-refractivity contribution in [1.29, 1.82) is 0 Å². The summed E-state index contributed by atoms with van der Waals surface area (Å²) in [5.41, 5.74) is 2.82. The maximum Gasteiger partial charge on any atom is 0.306 e. The predicted molar refractivity (Wildman–Crippen MR) is 112 cm³/mol. The van der Waals surface area contributed by atoms with E-state index in [-0.39, 0.29) is 11.9 Å². The van der Waals surface area contributed by atoms with Crippen LogP contribution in [0.15, 0.2) is 36.9 Å². The van der Waals surface area contributed by atoms with Crippen molar-refractivity contribution < 1.29 is 14.0 Å². The highest BCUT2D eigenvalue weighted by Gasteiger charge is 2.46. The van der Waals surface area contributed by atoms with E-state index in [2.05, 4.69) is 72.4 Å². The fraction of sp³-hybridized carbons (Fsp3) is 0.591. The molecular weight excluding hydrogens is 340 g/mol. The SMILES string of the molecule is C=CC(CC(=O)OC)Cc1ccc(O[Si](C(C)C)(C(C)C)C(C)C)cc1. The summed E-state index contributed by atoms with van der Waals surface area (Å²) in [6.07, 6.45) is 2.97. The van der Waals surface area contributed by atoms with Gasteiger partial charge < -0.3 is 9.16 Å². The van der Waals surface area contributed by atoms with E-state index in [0.29, 0.717) is 23.0 Å². The zero-order valence-corrected chi connectivity index (χ0v) is 18.5. The summed E-state index contributed by atoms with van der Waals surface area (Å²) in [5.74, 6) is 0.848. The van der Waals surface area contributed by atoms with Gasteiger partial charge in [0.2, 0.25) is 0 Å². The average molecular weight is 377 g/mol. The van der Waals surface area contributed by atoms with Gasteiger partial charge in [-0.2, -0.15) is 0 Å². The third kappa shape index (κ3) is 5.47. The van der Waals surface area contributed by atoms with Gasteiger partial charge in [-0.15, -0.1) is 6.58 Å². The minimum atomic E-state index is -1.93. The Morgan fingerprint density at radius 3 is 1.92 bits per heavy atom. The lowest BCUT2D eigenvalue weighted by molar-refractivity contribution is -0.141. The highest BCUT2D eigenvalue weighted by atomic mass is 28.4. The molecule has 0 heterocycles. The van der Waals surface area contributed by atoms with E-state index in [9.17, 15) is 4.79 Å². The van der Waals surface area contributed by atoms with Gasteiger partial charge in [0.15, 0.2) is 0 Å². The molecule has 0 aliphatic heterocycles. The van der Waals surface area contributed by atoms with Crippen LogP contribution in [0.2, 0.25) is 16.6 Å². The molecule has 146 valence electrons. The Labute approximate surface area is 160 Å². The lowest BCUT2D eigenvalue weighted by Crippen LogP contribution is -2.50. The van der Waals surface area contributed by atoms with Gasteiger partial charge in [0.1, 0.15) is 5.75 Å². The number of hydrogen-bond donors (Lipinski definition) is 0. The molecule has 1 aromatic carbocycles. The van der Waals surface area contributed by atoms with Crippen LogP contribution in [0.5, 0.6) is 5.75 Å². The molecule has 26 heavy (non-hydrogen) atoms. The number of carbonyl (C=O) groups is 1. The molecule has 0 aromatic heterocycles. The molecule has 1 atom stereocenters. The topological polar surface area (TPSA) is 35.5 Å². The van der Waals surface area contributed by atoms with Gasteiger partial charge in [0, 0.05) is 0 Å². The Balaban J connectivity index is 2.92. The molecule has 0 N–H and O–H groups in total. The molecule has 1 aromatic rings. The van der Waals surface area contributed by atoms with Crippen molar-refractivity contribution in [3.63, 3.8) is 0 Å². The standard InChI is InChI=1S/C22H36O3Si/c1-9-19(15-22(23)24-8)14-20-10-12-21(13-11-20)25-26(16(2)3,17(4)5)18(6)7/h9-13,16-19H,1,14-15H2,2-8H3. The van der Waals surface area contributed by atoms with E-state index in [0.717, 1.165) is 12.2 Å². The second-order valence-corrected chi connectivity index (χ2v) is 13.4. The molecular formula is C22H36O3Si. The fourth-order valence-electron chi connectivity index (χ4n) is 4.09. The van der Waals surface area contributed by atoms with Crippen LogP contribution in [-0.4, -0.2) is 21.4 Å². The van der Waals surface area contributed by atoms with Crippen LogP contribution >= 0.6 is 0 Å². The van der Waals surface area contributed by atoms with Gasteiger partial charge in [-0.3, -0.25) is 4.79 Å². The Hall–Kier alpha value is -1.55. The highest BCUT2D eigenvalue weighted by molar-refractivity contribution is 6.78. The molecule has 0 aliphatic carbocycles. The summed E-state index contributed by atoms with van der Waals surface area (Å²) in [6.45, 7) is 17.6. The number of esters is 1. The second kappa shape index (κ2) is 9.96. The van der Waals surface area contributed by atoms with Crippen molar-refractivity contribution in [1.82, 2.24) is 0 Å². The van der Waals surface area contributed by atoms with Gasteiger partial charge >= 0.3 is 5.97 Å². The van der Waals surface area contributed by atoms with Crippen molar-refractivity contribution in [2.24, 2.45) is 5.92 Å². The summed E-state index contributed by atoms with van der Waals surface area (Å²) in [7, 11) is -0.509. The van der Waals surface area contributed by atoms with E-state index in [4.69, 9.17) is 9.16 Å².